The number of anilines is 1. The van der Waals surface area contributed by atoms with Crippen LogP contribution >= 0.6 is 11.6 Å². The lowest BCUT2D eigenvalue weighted by atomic mass is 10.2. The highest BCUT2D eigenvalue weighted by Gasteiger charge is 2.23. The quantitative estimate of drug-likeness (QED) is 0.939. The molecule has 0 amide bonds. The van der Waals surface area contributed by atoms with Gasteiger partial charge in [-0.15, -0.1) is 0 Å². The standard InChI is InChI=1S/C16H20ClFN4/c1-11-12(9-20-21(11)2)8-19-13-5-6-22(10-13)14-3-4-16(18)15(17)7-14/h3-4,7,9,13,19H,5-6,8,10H2,1-2H3/t13-/m1/s1. The van der Waals surface area contributed by atoms with Crippen LogP contribution in [0, 0.1) is 12.7 Å². The smallest absolute Gasteiger partial charge is 0.141 e. The van der Waals surface area contributed by atoms with Gasteiger partial charge in [0.25, 0.3) is 0 Å². The fourth-order valence-electron chi connectivity index (χ4n) is 2.82. The van der Waals surface area contributed by atoms with Gasteiger partial charge in [0.1, 0.15) is 5.82 Å². The second-order valence-electron chi connectivity index (χ2n) is 5.79. The van der Waals surface area contributed by atoms with E-state index in [1.165, 1.54) is 17.3 Å². The monoisotopic (exact) mass is 322 g/mol. The van der Waals surface area contributed by atoms with Crippen molar-refractivity contribution < 1.29 is 4.39 Å². The van der Waals surface area contributed by atoms with Gasteiger partial charge in [0.15, 0.2) is 0 Å². The highest BCUT2D eigenvalue weighted by atomic mass is 35.5. The summed E-state index contributed by atoms with van der Waals surface area (Å²) in [7, 11) is 1.95. The Kier molecular flexibility index (Phi) is 4.36. The van der Waals surface area contributed by atoms with Crippen molar-refractivity contribution in [3.63, 3.8) is 0 Å². The third-order valence-electron chi connectivity index (χ3n) is 4.37. The lowest BCUT2D eigenvalue weighted by Gasteiger charge is -2.19. The second kappa shape index (κ2) is 6.26. The topological polar surface area (TPSA) is 33.1 Å². The maximum Gasteiger partial charge on any atom is 0.141 e. The normalized spacial score (nSPS) is 18.2. The maximum atomic E-state index is 13.2. The zero-order valence-corrected chi connectivity index (χ0v) is 13.6. The Labute approximate surface area is 134 Å². The highest BCUT2D eigenvalue weighted by molar-refractivity contribution is 6.31. The average Bonchev–Trinajstić information content (AvgIpc) is 3.09. The molecule has 0 radical (unpaired) electrons. The van der Waals surface area contributed by atoms with E-state index in [2.05, 4.69) is 22.2 Å². The molecule has 0 aliphatic carbocycles. The Bertz CT molecular complexity index is 670. The molecule has 1 N–H and O–H groups in total. The van der Waals surface area contributed by atoms with Gasteiger partial charge in [0.2, 0.25) is 0 Å². The molecule has 2 aromatic rings. The highest BCUT2D eigenvalue weighted by Crippen LogP contribution is 2.25. The summed E-state index contributed by atoms with van der Waals surface area (Å²) in [5.41, 5.74) is 3.40. The van der Waals surface area contributed by atoms with E-state index in [0.29, 0.717) is 6.04 Å². The van der Waals surface area contributed by atoms with Crippen LogP contribution in [-0.4, -0.2) is 28.9 Å². The van der Waals surface area contributed by atoms with E-state index in [0.717, 1.165) is 31.7 Å². The molecule has 1 aromatic heterocycles. The number of halogens is 2. The van der Waals surface area contributed by atoms with Crippen LogP contribution in [0.25, 0.3) is 0 Å². The molecule has 1 saturated heterocycles. The first-order chi connectivity index (χ1) is 10.5. The first-order valence-corrected chi connectivity index (χ1v) is 7.83. The molecule has 1 aromatic carbocycles. The molecule has 4 nitrogen and oxygen atoms in total. The molecule has 0 unspecified atom stereocenters. The van der Waals surface area contributed by atoms with E-state index < -0.39 is 0 Å². The fourth-order valence-corrected chi connectivity index (χ4v) is 2.99. The summed E-state index contributed by atoms with van der Waals surface area (Å²) in [5.74, 6) is -0.369. The van der Waals surface area contributed by atoms with Crippen molar-refractivity contribution in [3.05, 3.63) is 46.5 Å². The summed E-state index contributed by atoms with van der Waals surface area (Å²) in [4.78, 5) is 2.24. The first-order valence-electron chi connectivity index (χ1n) is 7.45. The molecule has 3 rings (SSSR count). The zero-order valence-electron chi connectivity index (χ0n) is 12.8. The van der Waals surface area contributed by atoms with Gasteiger partial charge >= 0.3 is 0 Å². The average molecular weight is 323 g/mol. The lowest BCUT2D eigenvalue weighted by molar-refractivity contribution is 0.550. The number of aryl methyl sites for hydroxylation is 1. The van der Waals surface area contributed by atoms with Crippen molar-refractivity contribution in [2.45, 2.75) is 25.9 Å². The molecule has 1 aliphatic heterocycles. The first kappa shape index (κ1) is 15.3. The summed E-state index contributed by atoms with van der Waals surface area (Å²) in [6.45, 7) is 4.75. The molecule has 0 saturated carbocycles. The van der Waals surface area contributed by atoms with Crippen LogP contribution in [0.15, 0.2) is 24.4 Å². The van der Waals surface area contributed by atoms with E-state index in [9.17, 15) is 4.39 Å². The van der Waals surface area contributed by atoms with Crippen LogP contribution in [0.4, 0.5) is 10.1 Å². The van der Waals surface area contributed by atoms with Crippen molar-refractivity contribution in [2.24, 2.45) is 7.05 Å². The molecule has 0 bridgehead atoms. The number of nitrogens with zero attached hydrogens (tertiary/aromatic N) is 3. The summed E-state index contributed by atoms with van der Waals surface area (Å²) in [6.07, 6.45) is 2.98. The van der Waals surface area contributed by atoms with E-state index in [4.69, 9.17) is 11.6 Å². The molecule has 1 fully saturated rings. The minimum atomic E-state index is -0.369. The van der Waals surface area contributed by atoms with Crippen LogP contribution < -0.4 is 10.2 Å². The molecule has 1 atom stereocenters. The van der Waals surface area contributed by atoms with Gasteiger partial charge in [0.05, 0.1) is 11.2 Å². The van der Waals surface area contributed by atoms with Gasteiger partial charge in [-0.2, -0.15) is 5.10 Å². The van der Waals surface area contributed by atoms with Gasteiger partial charge in [-0.05, 0) is 31.5 Å². The minimum Gasteiger partial charge on any atom is -0.370 e. The summed E-state index contributed by atoms with van der Waals surface area (Å²) >= 11 is 5.86. The van der Waals surface area contributed by atoms with Gasteiger partial charge in [0, 0.05) is 49.7 Å². The lowest BCUT2D eigenvalue weighted by Crippen LogP contribution is -2.32. The summed E-state index contributed by atoms with van der Waals surface area (Å²) < 4.78 is 15.1. The Morgan fingerprint density at radius 2 is 2.27 bits per heavy atom. The number of nitrogens with one attached hydrogen (secondary N) is 1. The third-order valence-corrected chi connectivity index (χ3v) is 4.66. The second-order valence-corrected chi connectivity index (χ2v) is 6.20. The van der Waals surface area contributed by atoms with E-state index in [1.807, 2.05) is 17.9 Å². The van der Waals surface area contributed by atoms with E-state index in [1.54, 1.807) is 12.1 Å². The minimum absolute atomic E-state index is 0.180. The predicted octanol–water partition coefficient (Wildman–Crippen LogP) is 2.89. The number of rotatable bonds is 4. The third kappa shape index (κ3) is 3.10. The van der Waals surface area contributed by atoms with Crippen molar-refractivity contribution >= 4 is 17.3 Å². The van der Waals surface area contributed by atoms with Crippen LogP contribution in [0.2, 0.25) is 5.02 Å². The van der Waals surface area contributed by atoms with Crippen LogP contribution in [-0.2, 0) is 13.6 Å². The van der Waals surface area contributed by atoms with E-state index >= 15 is 0 Å². The Hall–Kier alpha value is -1.59. The van der Waals surface area contributed by atoms with Crippen LogP contribution in [0.1, 0.15) is 17.7 Å². The Morgan fingerprint density at radius 3 is 2.95 bits per heavy atom. The van der Waals surface area contributed by atoms with Crippen LogP contribution in [0.5, 0.6) is 0 Å². The molecule has 0 spiro atoms. The van der Waals surface area contributed by atoms with Gasteiger partial charge in [-0.3, -0.25) is 4.68 Å². The largest absolute Gasteiger partial charge is 0.370 e. The van der Waals surface area contributed by atoms with Crippen molar-refractivity contribution in [1.29, 1.82) is 0 Å². The number of benzene rings is 1. The number of hydrogen-bond acceptors (Lipinski definition) is 3. The molecule has 1 aliphatic rings. The predicted molar refractivity (Wildman–Crippen MR) is 86.8 cm³/mol. The van der Waals surface area contributed by atoms with Gasteiger partial charge in [-0.1, -0.05) is 11.6 Å². The van der Waals surface area contributed by atoms with Crippen molar-refractivity contribution in [3.8, 4) is 0 Å². The molecule has 22 heavy (non-hydrogen) atoms. The molecule has 2 heterocycles. The Balaban J connectivity index is 1.58. The molecule has 6 heteroatoms. The Morgan fingerprint density at radius 1 is 1.45 bits per heavy atom. The van der Waals surface area contributed by atoms with E-state index in [-0.39, 0.29) is 10.8 Å². The molecular formula is C16H20ClFN4. The molecule has 118 valence electrons. The zero-order chi connectivity index (χ0) is 15.7. The summed E-state index contributed by atoms with van der Waals surface area (Å²) in [6, 6.07) is 5.33. The fraction of sp³-hybridized carbons (Fsp3) is 0.438. The van der Waals surface area contributed by atoms with Crippen molar-refractivity contribution in [1.82, 2.24) is 15.1 Å². The SMILES string of the molecule is Cc1c(CN[C@@H]2CCN(c3ccc(F)c(Cl)c3)C2)cnn1C. The maximum absolute atomic E-state index is 13.2. The van der Waals surface area contributed by atoms with Crippen molar-refractivity contribution in [2.75, 3.05) is 18.0 Å². The van der Waals surface area contributed by atoms with Gasteiger partial charge in [-0.25, -0.2) is 4.39 Å². The van der Waals surface area contributed by atoms with Gasteiger partial charge < -0.3 is 10.2 Å². The number of hydrogen-bond donors (Lipinski definition) is 1. The number of aromatic nitrogens is 2. The van der Waals surface area contributed by atoms with Crippen LogP contribution in [0.3, 0.4) is 0 Å². The summed E-state index contributed by atoms with van der Waals surface area (Å²) in [5, 5.41) is 8.01. The molecular weight excluding hydrogens is 303 g/mol.